The summed E-state index contributed by atoms with van der Waals surface area (Å²) < 4.78 is 5.68. The first-order valence-electron chi connectivity index (χ1n) is 7.34. The Morgan fingerprint density at radius 3 is 2.84 bits per heavy atom. The van der Waals surface area contributed by atoms with Crippen molar-refractivity contribution in [2.75, 3.05) is 31.6 Å². The van der Waals surface area contributed by atoms with E-state index in [1.165, 1.54) is 0 Å². The Morgan fingerprint density at radius 2 is 2.16 bits per heavy atom. The van der Waals surface area contributed by atoms with Gasteiger partial charge in [0.25, 0.3) is 0 Å². The summed E-state index contributed by atoms with van der Waals surface area (Å²) >= 11 is 0. The summed E-state index contributed by atoms with van der Waals surface area (Å²) in [6, 6.07) is 4.17. The van der Waals surface area contributed by atoms with E-state index in [0.29, 0.717) is 6.10 Å². The van der Waals surface area contributed by atoms with Crippen molar-refractivity contribution in [1.82, 2.24) is 9.88 Å². The smallest absolute Gasteiger partial charge is 0.0599 e. The molecule has 0 unspecified atom stereocenters. The highest BCUT2D eigenvalue weighted by Crippen LogP contribution is 2.16. The number of nitrogens with zero attached hydrogens (tertiary/aromatic N) is 2. The highest BCUT2D eigenvalue weighted by atomic mass is 16.5. The Hall–Kier alpha value is -1.13. The summed E-state index contributed by atoms with van der Waals surface area (Å²) in [5.74, 6) is 0. The zero-order valence-electron chi connectivity index (χ0n) is 12.1. The molecule has 0 saturated carbocycles. The van der Waals surface area contributed by atoms with Crippen LogP contribution in [0.4, 0.5) is 5.69 Å². The minimum absolute atomic E-state index is 0.460. The standard InChI is InChI=1S/C15H25N3O/c1-3-16-13-5-8-17-14(11-13)12-18-9-6-15(7-10-18)19-4-2/h5,8,11,15H,3-4,6-7,9-10,12H2,1-2H3,(H,16,17). The number of hydrogen-bond donors (Lipinski definition) is 1. The third kappa shape index (κ3) is 4.48. The lowest BCUT2D eigenvalue weighted by Crippen LogP contribution is -2.36. The fourth-order valence-electron chi connectivity index (χ4n) is 2.58. The lowest BCUT2D eigenvalue weighted by atomic mass is 10.1. The molecule has 0 atom stereocenters. The fourth-order valence-corrected chi connectivity index (χ4v) is 2.58. The Kier molecular flexibility index (Phi) is 5.61. The maximum absolute atomic E-state index is 5.68. The number of piperidine rings is 1. The first kappa shape index (κ1) is 14.3. The molecule has 1 aromatic rings. The van der Waals surface area contributed by atoms with Crippen LogP contribution in [0, 0.1) is 0 Å². The topological polar surface area (TPSA) is 37.4 Å². The third-order valence-electron chi connectivity index (χ3n) is 3.52. The van der Waals surface area contributed by atoms with Crippen molar-refractivity contribution < 1.29 is 4.74 Å². The van der Waals surface area contributed by atoms with Crippen LogP contribution in [0.25, 0.3) is 0 Å². The molecule has 2 heterocycles. The molecule has 2 rings (SSSR count). The average Bonchev–Trinajstić information content (AvgIpc) is 2.42. The molecule has 19 heavy (non-hydrogen) atoms. The highest BCUT2D eigenvalue weighted by Gasteiger charge is 2.19. The van der Waals surface area contributed by atoms with Crippen molar-refractivity contribution >= 4 is 5.69 Å². The molecule has 1 fully saturated rings. The predicted molar refractivity (Wildman–Crippen MR) is 78.3 cm³/mol. The number of pyridine rings is 1. The number of ether oxygens (including phenoxy) is 1. The first-order chi connectivity index (χ1) is 9.31. The quantitative estimate of drug-likeness (QED) is 0.856. The maximum Gasteiger partial charge on any atom is 0.0599 e. The van der Waals surface area contributed by atoms with Gasteiger partial charge in [0.05, 0.1) is 11.8 Å². The van der Waals surface area contributed by atoms with Crippen molar-refractivity contribution in [3.8, 4) is 0 Å². The number of rotatable bonds is 6. The van der Waals surface area contributed by atoms with Crippen LogP contribution in [0.2, 0.25) is 0 Å². The maximum atomic E-state index is 5.68. The van der Waals surface area contributed by atoms with Crippen molar-refractivity contribution in [1.29, 1.82) is 0 Å². The molecule has 106 valence electrons. The second-order valence-electron chi connectivity index (χ2n) is 5.00. The molecule has 1 aromatic heterocycles. The van der Waals surface area contributed by atoms with E-state index in [4.69, 9.17) is 4.74 Å². The minimum Gasteiger partial charge on any atom is -0.385 e. The summed E-state index contributed by atoms with van der Waals surface area (Å²) in [4.78, 5) is 6.92. The van der Waals surface area contributed by atoms with Gasteiger partial charge in [-0.1, -0.05) is 0 Å². The zero-order valence-corrected chi connectivity index (χ0v) is 12.1. The van der Waals surface area contributed by atoms with E-state index in [-0.39, 0.29) is 0 Å². The monoisotopic (exact) mass is 263 g/mol. The highest BCUT2D eigenvalue weighted by molar-refractivity contribution is 5.42. The van der Waals surface area contributed by atoms with E-state index in [1.807, 2.05) is 12.3 Å². The summed E-state index contributed by atoms with van der Waals surface area (Å²) in [5, 5.41) is 3.33. The van der Waals surface area contributed by atoms with Crippen LogP contribution in [-0.4, -0.2) is 42.2 Å². The van der Waals surface area contributed by atoms with Gasteiger partial charge in [0.15, 0.2) is 0 Å². The van der Waals surface area contributed by atoms with Gasteiger partial charge >= 0.3 is 0 Å². The second kappa shape index (κ2) is 7.46. The molecular formula is C15H25N3O. The second-order valence-corrected chi connectivity index (χ2v) is 5.00. The van der Waals surface area contributed by atoms with Crippen LogP contribution in [0.1, 0.15) is 32.4 Å². The molecule has 0 amide bonds. The molecule has 0 aliphatic carbocycles. The van der Waals surface area contributed by atoms with Crippen molar-refractivity contribution in [3.63, 3.8) is 0 Å². The summed E-state index contributed by atoms with van der Waals surface area (Å²) in [7, 11) is 0. The van der Waals surface area contributed by atoms with Crippen LogP contribution in [0.3, 0.4) is 0 Å². The van der Waals surface area contributed by atoms with E-state index in [1.54, 1.807) is 0 Å². The van der Waals surface area contributed by atoms with Gasteiger partial charge in [-0.15, -0.1) is 0 Å². The first-order valence-corrected chi connectivity index (χ1v) is 7.34. The lowest BCUT2D eigenvalue weighted by molar-refractivity contribution is 0.0123. The van der Waals surface area contributed by atoms with Gasteiger partial charge < -0.3 is 10.1 Å². The van der Waals surface area contributed by atoms with Gasteiger partial charge in [0.1, 0.15) is 0 Å². The minimum atomic E-state index is 0.460. The molecular weight excluding hydrogens is 238 g/mol. The van der Waals surface area contributed by atoms with Crippen LogP contribution < -0.4 is 5.32 Å². The lowest BCUT2D eigenvalue weighted by Gasteiger charge is -2.31. The normalized spacial score (nSPS) is 17.6. The Morgan fingerprint density at radius 1 is 1.37 bits per heavy atom. The number of aromatic nitrogens is 1. The summed E-state index contributed by atoms with van der Waals surface area (Å²) in [5.41, 5.74) is 2.31. The number of nitrogens with one attached hydrogen (secondary N) is 1. The molecule has 0 spiro atoms. The number of likely N-dealkylation sites (tertiary alicyclic amines) is 1. The molecule has 1 N–H and O–H groups in total. The molecule has 1 aliphatic heterocycles. The van der Waals surface area contributed by atoms with E-state index >= 15 is 0 Å². The van der Waals surface area contributed by atoms with Crippen molar-refractivity contribution in [2.45, 2.75) is 39.3 Å². The Bertz CT molecular complexity index is 375. The number of hydrogen-bond acceptors (Lipinski definition) is 4. The molecule has 0 bridgehead atoms. The molecule has 4 heteroatoms. The largest absolute Gasteiger partial charge is 0.385 e. The molecule has 4 nitrogen and oxygen atoms in total. The molecule has 1 saturated heterocycles. The van der Waals surface area contributed by atoms with Gasteiger partial charge in [0.2, 0.25) is 0 Å². The molecule has 0 aromatic carbocycles. The van der Waals surface area contributed by atoms with Gasteiger partial charge in [-0.2, -0.15) is 0 Å². The molecule has 1 aliphatic rings. The van der Waals surface area contributed by atoms with Gasteiger partial charge in [-0.05, 0) is 38.8 Å². The Balaban J connectivity index is 1.83. The van der Waals surface area contributed by atoms with Gasteiger partial charge in [-0.3, -0.25) is 9.88 Å². The van der Waals surface area contributed by atoms with Crippen LogP contribution >= 0.6 is 0 Å². The fraction of sp³-hybridized carbons (Fsp3) is 0.667. The van der Waals surface area contributed by atoms with Gasteiger partial charge in [0, 0.05) is 44.7 Å². The van der Waals surface area contributed by atoms with E-state index in [9.17, 15) is 0 Å². The van der Waals surface area contributed by atoms with Gasteiger partial charge in [-0.25, -0.2) is 0 Å². The van der Waals surface area contributed by atoms with Crippen LogP contribution in [0.5, 0.6) is 0 Å². The molecule has 0 radical (unpaired) electrons. The number of anilines is 1. The van der Waals surface area contributed by atoms with Crippen LogP contribution in [-0.2, 0) is 11.3 Å². The Labute approximate surface area is 116 Å². The summed E-state index contributed by atoms with van der Waals surface area (Å²) in [6.07, 6.45) is 4.63. The van der Waals surface area contributed by atoms with Crippen LogP contribution in [0.15, 0.2) is 18.3 Å². The zero-order chi connectivity index (χ0) is 13.5. The van der Waals surface area contributed by atoms with E-state index in [2.05, 4.69) is 35.1 Å². The van der Waals surface area contributed by atoms with Crippen molar-refractivity contribution in [2.24, 2.45) is 0 Å². The third-order valence-corrected chi connectivity index (χ3v) is 3.52. The average molecular weight is 263 g/mol. The van der Waals surface area contributed by atoms with E-state index in [0.717, 1.165) is 57.0 Å². The van der Waals surface area contributed by atoms with Crippen molar-refractivity contribution in [3.05, 3.63) is 24.0 Å². The predicted octanol–water partition coefficient (Wildman–Crippen LogP) is 2.51. The van der Waals surface area contributed by atoms with E-state index < -0.39 is 0 Å². The SMILES string of the molecule is CCNc1ccnc(CN2CCC(OCC)CC2)c1. The summed E-state index contributed by atoms with van der Waals surface area (Å²) in [6.45, 7) is 9.12.